The fourth-order valence-electron chi connectivity index (χ4n) is 2.96. The minimum Gasteiger partial charge on any atom is -0.497 e. The van der Waals surface area contributed by atoms with Gasteiger partial charge in [0.2, 0.25) is 0 Å². The van der Waals surface area contributed by atoms with Crippen molar-refractivity contribution < 1.29 is 13.9 Å². The van der Waals surface area contributed by atoms with Crippen molar-refractivity contribution in [1.82, 2.24) is 15.1 Å². The van der Waals surface area contributed by atoms with Crippen LogP contribution in [0.3, 0.4) is 0 Å². The van der Waals surface area contributed by atoms with Crippen LogP contribution in [0, 0.1) is 5.82 Å². The number of halogens is 1. The molecule has 1 aromatic heterocycles. The Hall–Kier alpha value is -3.55. The molecule has 3 aromatic rings. The first-order valence-electron chi connectivity index (χ1n) is 9.04. The van der Waals surface area contributed by atoms with E-state index < -0.39 is 11.8 Å². The smallest absolute Gasteiger partial charge is 0.322 e. The van der Waals surface area contributed by atoms with E-state index in [1.165, 1.54) is 11.0 Å². The Balaban J connectivity index is 1.81. The lowest BCUT2D eigenvalue weighted by Crippen LogP contribution is -2.31. The predicted octanol–water partition coefficient (Wildman–Crippen LogP) is 3.95. The fourth-order valence-corrected chi connectivity index (χ4v) is 2.96. The number of hydrogen-bond donors (Lipinski definition) is 2. The van der Waals surface area contributed by atoms with Gasteiger partial charge in [0.05, 0.1) is 19.0 Å². The second-order valence-electron chi connectivity index (χ2n) is 6.87. The highest BCUT2D eigenvalue weighted by Gasteiger charge is 2.18. The number of amides is 2. The average Bonchev–Trinajstić information content (AvgIpc) is 3.24. The molecule has 0 fully saturated rings. The number of aromatic nitrogens is 2. The van der Waals surface area contributed by atoms with Crippen LogP contribution in [0.2, 0.25) is 0 Å². The number of carbonyl (C=O) groups is 1. The van der Waals surface area contributed by atoms with E-state index in [0.717, 1.165) is 11.1 Å². The average molecular weight is 397 g/mol. The van der Waals surface area contributed by atoms with Gasteiger partial charge in [0, 0.05) is 39.4 Å². The van der Waals surface area contributed by atoms with Crippen molar-refractivity contribution in [2.45, 2.75) is 6.54 Å². The molecule has 0 unspecified atom stereocenters. The summed E-state index contributed by atoms with van der Waals surface area (Å²) in [5, 5.41) is 9.32. The normalized spacial score (nSPS) is 10.5. The number of urea groups is 1. The van der Waals surface area contributed by atoms with Crippen LogP contribution in [0.15, 0.2) is 48.8 Å². The van der Waals surface area contributed by atoms with E-state index in [1.807, 2.05) is 30.3 Å². The first-order valence-corrected chi connectivity index (χ1v) is 9.04. The number of aromatic amines is 1. The van der Waals surface area contributed by atoms with E-state index in [-0.39, 0.29) is 5.69 Å². The number of anilines is 2. The van der Waals surface area contributed by atoms with Gasteiger partial charge in [-0.25, -0.2) is 9.18 Å². The summed E-state index contributed by atoms with van der Waals surface area (Å²) in [5.74, 6) is 0.197. The number of nitrogens with one attached hydrogen (secondary N) is 2. The number of rotatable bonds is 6. The summed E-state index contributed by atoms with van der Waals surface area (Å²) in [7, 11) is 6.84. The number of nitrogens with zero attached hydrogens (tertiary/aromatic N) is 3. The zero-order valence-corrected chi connectivity index (χ0v) is 16.9. The van der Waals surface area contributed by atoms with Crippen LogP contribution < -0.4 is 15.0 Å². The van der Waals surface area contributed by atoms with Crippen molar-refractivity contribution in [1.29, 1.82) is 0 Å². The van der Waals surface area contributed by atoms with Gasteiger partial charge >= 0.3 is 6.03 Å². The van der Waals surface area contributed by atoms with Gasteiger partial charge in [-0.2, -0.15) is 5.10 Å². The Morgan fingerprint density at radius 1 is 1.21 bits per heavy atom. The summed E-state index contributed by atoms with van der Waals surface area (Å²) < 4.78 is 20.1. The number of ether oxygens (including phenoxy) is 1. The minimum absolute atomic E-state index is 0.129. The standard InChI is InChI=1S/C21H24FN5O2/c1-26(2)19-10-15(16-11-23-24-12-16)9-18(22)20(19)25-21(28)27(3)13-14-6-5-7-17(8-14)29-4/h5-12H,13H2,1-4H3,(H,23,24)(H,25,28). The van der Waals surface area contributed by atoms with Gasteiger partial charge < -0.3 is 19.9 Å². The molecule has 3 rings (SSSR count). The largest absolute Gasteiger partial charge is 0.497 e. The summed E-state index contributed by atoms with van der Waals surface area (Å²) >= 11 is 0. The van der Waals surface area contributed by atoms with Crippen molar-refractivity contribution in [3.63, 3.8) is 0 Å². The molecule has 0 spiro atoms. The zero-order chi connectivity index (χ0) is 21.0. The summed E-state index contributed by atoms with van der Waals surface area (Å²) in [6.07, 6.45) is 3.31. The van der Waals surface area contributed by atoms with Crippen molar-refractivity contribution >= 4 is 17.4 Å². The van der Waals surface area contributed by atoms with Gasteiger partial charge in [0.15, 0.2) is 0 Å². The highest BCUT2D eigenvalue weighted by Crippen LogP contribution is 2.33. The summed E-state index contributed by atoms with van der Waals surface area (Å²) in [4.78, 5) is 15.9. The number of benzene rings is 2. The third kappa shape index (κ3) is 4.66. The molecular formula is C21H24FN5O2. The van der Waals surface area contributed by atoms with Gasteiger partial charge in [-0.1, -0.05) is 12.1 Å². The number of H-pyrrole nitrogens is 1. The highest BCUT2D eigenvalue weighted by atomic mass is 19.1. The Kier molecular flexibility index (Phi) is 6.01. The van der Waals surface area contributed by atoms with E-state index in [9.17, 15) is 9.18 Å². The maximum absolute atomic E-state index is 14.9. The molecule has 0 saturated heterocycles. The molecule has 0 radical (unpaired) electrons. The van der Waals surface area contributed by atoms with Crippen LogP contribution in [-0.4, -0.2) is 49.4 Å². The van der Waals surface area contributed by atoms with Crippen LogP contribution in [-0.2, 0) is 6.54 Å². The van der Waals surface area contributed by atoms with Crippen LogP contribution >= 0.6 is 0 Å². The monoisotopic (exact) mass is 397 g/mol. The Labute approximate surface area is 169 Å². The number of hydrogen-bond acceptors (Lipinski definition) is 4. The molecular weight excluding hydrogens is 373 g/mol. The summed E-state index contributed by atoms with van der Waals surface area (Å²) in [6.45, 7) is 0.356. The van der Waals surface area contributed by atoms with E-state index >= 15 is 0 Å². The van der Waals surface area contributed by atoms with Gasteiger partial charge in [0.1, 0.15) is 17.3 Å². The molecule has 2 amide bonds. The maximum Gasteiger partial charge on any atom is 0.322 e. The van der Waals surface area contributed by atoms with Crippen LogP contribution in [0.4, 0.5) is 20.6 Å². The second-order valence-corrected chi connectivity index (χ2v) is 6.87. The van der Waals surface area contributed by atoms with Gasteiger partial charge in [-0.15, -0.1) is 0 Å². The predicted molar refractivity (Wildman–Crippen MR) is 112 cm³/mol. The molecule has 0 aliphatic heterocycles. The summed E-state index contributed by atoms with van der Waals surface area (Å²) in [6, 6.07) is 10.2. The maximum atomic E-state index is 14.9. The molecule has 29 heavy (non-hydrogen) atoms. The zero-order valence-electron chi connectivity index (χ0n) is 16.9. The van der Waals surface area contributed by atoms with Crippen LogP contribution in [0.5, 0.6) is 5.75 Å². The molecule has 2 aromatic carbocycles. The summed E-state index contributed by atoms with van der Waals surface area (Å²) in [5.41, 5.74) is 3.03. The van der Waals surface area contributed by atoms with Crippen molar-refractivity contribution in [3.05, 3.63) is 60.2 Å². The molecule has 8 heteroatoms. The SMILES string of the molecule is COc1cccc(CN(C)C(=O)Nc2c(F)cc(-c3cn[nH]c3)cc2N(C)C)c1. The molecule has 7 nitrogen and oxygen atoms in total. The van der Waals surface area contributed by atoms with Crippen LogP contribution in [0.25, 0.3) is 11.1 Å². The quantitative estimate of drug-likeness (QED) is 0.660. The van der Waals surface area contributed by atoms with Gasteiger partial charge in [-0.05, 0) is 35.4 Å². The van der Waals surface area contributed by atoms with Crippen molar-refractivity contribution in [2.75, 3.05) is 38.5 Å². The third-order valence-electron chi connectivity index (χ3n) is 4.52. The van der Waals surface area contributed by atoms with Gasteiger partial charge in [0.25, 0.3) is 0 Å². The Morgan fingerprint density at radius 3 is 2.66 bits per heavy atom. The topological polar surface area (TPSA) is 73.5 Å². The van der Waals surface area contributed by atoms with E-state index in [4.69, 9.17) is 4.74 Å². The highest BCUT2D eigenvalue weighted by molar-refractivity contribution is 5.94. The number of methoxy groups -OCH3 is 1. The Bertz CT molecular complexity index is 989. The fraction of sp³-hybridized carbons (Fsp3) is 0.238. The first kappa shape index (κ1) is 20.2. The van der Waals surface area contributed by atoms with Crippen molar-refractivity contribution in [2.24, 2.45) is 0 Å². The van der Waals surface area contributed by atoms with E-state index in [0.29, 0.717) is 23.5 Å². The van der Waals surface area contributed by atoms with E-state index in [2.05, 4.69) is 15.5 Å². The molecule has 0 aliphatic carbocycles. The molecule has 0 aliphatic rings. The number of carbonyl (C=O) groups excluding carboxylic acids is 1. The lowest BCUT2D eigenvalue weighted by Gasteiger charge is -2.23. The first-order chi connectivity index (χ1) is 13.9. The molecule has 0 atom stereocenters. The molecule has 152 valence electrons. The van der Waals surface area contributed by atoms with Crippen LogP contribution in [0.1, 0.15) is 5.56 Å². The molecule has 1 heterocycles. The molecule has 0 bridgehead atoms. The lowest BCUT2D eigenvalue weighted by atomic mass is 10.1. The van der Waals surface area contributed by atoms with Crippen molar-refractivity contribution in [3.8, 4) is 16.9 Å². The third-order valence-corrected chi connectivity index (χ3v) is 4.52. The van der Waals surface area contributed by atoms with Gasteiger partial charge in [-0.3, -0.25) is 5.10 Å². The molecule has 2 N–H and O–H groups in total. The lowest BCUT2D eigenvalue weighted by molar-refractivity contribution is 0.220. The Morgan fingerprint density at radius 2 is 2.00 bits per heavy atom. The second kappa shape index (κ2) is 8.64. The van der Waals surface area contributed by atoms with E-state index in [1.54, 1.807) is 45.5 Å². The molecule has 0 saturated carbocycles. The minimum atomic E-state index is -0.518.